The largest absolute Gasteiger partial charge is 0.333 e. The Morgan fingerprint density at radius 2 is 1.84 bits per heavy atom. The van der Waals surface area contributed by atoms with Gasteiger partial charge in [-0.3, -0.25) is 9.69 Å². The van der Waals surface area contributed by atoms with Gasteiger partial charge >= 0.3 is 6.03 Å². The molecule has 0 atom stereocenters. The average molecular weight is 520 g/mol. The van der Waals surface area contributed by atoms with Crippen LogP contribution in [0, 0.1) is 5.92 Å². The zero-order chi connectivity index (χ0) is 26.3. The van der Waals surface area contributed by atoms with Crippen LogP contribution in [0.15, 0.2) is 36.7 Å². The molecule has 3 fully saturated rings. The first-order valence-corrected chi connectivity index (χ1v) is 14.3. The summed E-state index contributed by atoms with van der Waals surface area (Å²) < 4.78 is 1.86. The smallest absolute Gasteiger partial charge is 0.320 e. The van der Waals surface area contributed by atoms with Gasteiger partial charge in [0.2, 0.25) is 5.91 Å². The Balaban J connectivity index is 1.16. The number of fused-ring (bicyclic) bond motifs is 1. The molecule has 1 aromatic heterocycles. The molecule has 2 saturated carbocycles. The van der Waals surface area contributed by atoms with Crippen LogP contribution in [0.4, 0.5) is 4.79 Å². The van der Waals surface area contributed by atoms with E-state index in [1.165, 1.54) is 24.8 Å². The van der Waals surface area contributed by atoms with E-state index in [0.29, 0.717) is 38.5 Å². The van der Waals surface area contributed by atoms with Crippen molar-refractivity contribution < 1.29 is 9.59 Å². The molecule has 3 amide bonds. The number of carbonyl (C=O) groups is 2. The fourth-order valence-electron chi connectivity index (χ4n) is 7.23. The predicted octanol–water partition coefficient (Wildman–Crippen LogP) is 3.32. The van der Waals surface area contributed by atoms with E-state index in [0.717, 1.165) is 44.6 Å². The van der Waals surface area contributed by atoms with Crippen molar-refractivity contribution in [3.05, 3.63) is 48.0 Å². The fraction of sp³-hybridized carbons (Fsp3) is 0.655. The molecule has 3 heterocycles. The van der Waals surface area contributed by atoms with E-state index in [1.807, 2.05) is 14.5 Å². The Morgan fingerprint density at radius 1 is 1.08 bits per heavy atom. The van der Waals surface area contributed by atoms with Crippen LogP contribution in [-0.2, 0) is 23.4 Å². The third-order valence-corrected chi connectivity index (χ3v) is 9.96. The van der Waals surface area contributed by atoms with Gasteiger partial charge < -0.3 is 14.7 Å². The number of amides is 3. The van der Waals surface area contributed by atoms with E-state index in [2.05, 4.69) is 64.3 Å². The predicted molar refractivity (Wildman–Crippen MR) is 144 cm³/mol. The maximum atomic E-state index is 13.8. The minimum atomic E-state index is -0.133. The quantitative estimate of drug-likeness (QED) is 0.561. The Morgan fingerprint density at radius 3 is 2.53 bits per heavy atom. The van der Waals surface area contributed by atoms with Crippen molar-refractivity contribution in [1.29, 1.82) is 0 Å². The van der Waals surface area contributed by atoms with Gasteiger partial charge in [-0.2, -0.15) is 5.10 Å². The molecule has 0 N–H and O–H groups in total. The van der Waals surface area contributed by atoms with Crippen LogP contribution in [-0.4, -0.2) is 92.1 Å². The van der Waals surface area contributed by atoms with E-state index in [4.69, 9.17) is 0 Å². The third-order valence-electron chi connectivity index (χ3n) is 9.96. The van der Waals surface area contributed by atoms with Crippen molar-refractivity contribution in [1.82, 2.24) is 34.4 Å². The first kappa shape index (κ1) is 25.3. The molecule has 0 bridgehead atoms. The van der Waals surface area contributed by atoms with Crippen LogP contribution < -0.4 is 0 Å². The molecule has 1 saturated heterocycles. The molecule has 38 heavy (non-hydrogen) atoms. The summed E-state index contributed by atoms with van der Waals surface area (Å²) in [6, 6.07) is 11.0. The van der Waals surface area contributed by atoms with E-state index in [1.54, 1.807) is 6.33 Å². The SMILES string of the molecule is CN(C)[C@]1(c2ccccc2)CC[C@@]2(CC1)CN(CCC(=O)N1CCn3ncnc3C1)C(=O)N2CC1CCC1. The van der Waals surface area contributed by atoms with Crippen LogP contribution in [0.25, 0.3) is 0 Å². The Hall–Kier alpha value is -2.94. The van der Waals surface area contributed by atoms with Crippen LogP contribution in [0.5, 0.6) is 0 Å². The van der Waals surface area contributed by atoms with Crippen molar-refractivity contribution in [3.63, 3.8) is 0 Å². The molecule has 204 valence electrons. The molecular formula is C29H41N7O2. The maximum absolute atomic E-state index is 13.8. The van der Waals surface area contributed by atoms with Gasteiger partial charge in [0.05, 0.1) is 18.6 Å². The summed E-state index contributed by atoms with van der Waals surface area (Å²) in [6.07, 6.45) is 9.68. The lowest BCUT2D eigenvalue weighted by molar-refractivity contribution is -0.133. The number of hydrogen-bond acceptors (Lipinski definition) is 5. The summed E-state index contributed by atoms with van der Waals surface area (Å²) >= 11 is 0. The van der Waals surface area contributed by atoms with Crippen molar-refractivity contribution in [2.24, 2.45) is 5.92 Å². The van der Waals surface area contributed by atoms with Crippen LogP contribution in [0.3, 0.4) is 0 Å². The molecular weight excluding hydrogens is 478 g/mol. The molecule has 1 aromatic carbocycles. The number of urea groups is 1. The van der Waals surface area contributed by atoms with Crippen molar-refractivity contribution >= 4 is 11.9 Å². The summed E-state index contributed by atoms with van der Waals surface area (Å²) in [6.45, 7) is 3.91. The lowest BCUT2D eigenvalue weighted by Gasteiger charge is -2.51. The molecule has 9 heteroatoms. The topological polar surface area (TPSA) is 77.8 Å². The zero-order valence-electron chi connectivity index (χ0n) is 22.9. The third kappa shape index (κ3) is 4.38. The lowest BCUT2D eigenvalue weighted by Crippen LogP contribution is -2.56. The molecule has 2 aliphatic carbocycles. The Bertz CT molecular complexity index is 1150. The second-order valence-electron chi connectivity index (χ2n) is 12.1. The molecule has 0 unspecified atom stereocenters. The van der Waals surface area contributed by atoms with Crippen LogP contribution >= 0.6 is 0 Å². The molecule has 2 aliphatic heterocycles. The standard InChI is InChI=1S/C29H41N7O2/c1-32(2)29(24-9-4-3-5-10-24)14-12-28(13-15-29)21-34(27(38)35(28)19-23-7-6-8-23)16-11-26(37)33-17-18-36-25(20-33)30-22-31-36/h3-5,9-10,22-23H,6-8,11-21H2,1-2H3/t28-,29-. The minimum absolute atomic E-state index is 0.00407. The van der Waals surface area contributed by atoms with Gasteiger partial charge in [-0.25, -0.2) is 14.5 Å². The van der Waals surface area contributed by atoms with Crippen molar-refractivity contribution in [2.45, 2.75) is 75.5 Å². The maximum Gasteiger partial charge on any atom is 0.320 e. The highest BCUT2D eigenvalue weighted by Gasteiger charge is 2.54. The van der Waals surface area contributed by atoms with Gasteiger partial charge in [-0.1, -0.05) is 36.8 Å². The van der Waals surface area contributed by atoms with Gasteiger partial charge in [-0.15, -0.1) is 0 Å². The minimum Gasteiger partial charge on any atom is -0.333 e. The summed E-state index contributed by atoms with van der Waals surface area (Å²) in [5, 5.41) is 4.21. The summed E-state index contributed by atoms with van der Waals surface area (Å²) in [5.74, 6) is 1.55. The molecule has 0 radical (unpaired) electrons. The van der Waals surface area contributed by atoms with Gasteiger partial charge in [0.15, 0.2) is 0 Å². The second kappa shape index (κ2) is 9.98. The monoisotopic (exact) mass is 519 g/mol. The van der Waals surface area contributed by atoms with E-state index >= 15 is 0 Å². The Kier molecular flexibility index (Phi) is 6.66. The summed E-state index contributed by atoms with van der Waals surface area (Å²) in [4.78, 5) is 39.7. The summed E-state index contributed by atoms with van der Waals surface area (Å²) in [7, 11) is 4.38. The highest BCUT2D eigenvalue weighted by Crippen LogP contribution is 2.49. The lowest BCUT2D eigenvalue weighted by atomic mass is 9.68. The molecule has 6 rings (SSSR count). The van der Waals surface area contributed by atoms with Gasteiger partial charge in [-0.05, 0) is 64.1 Å². The highest BCUT2D eigenvalue weighted by atomic mass is 16.2. The number of benzene rings is 1. The number of nitrogens with zero attached hydrogens (tertiary/aromatic N) is 7. The van der Waals surface area contributed by atoms with Crippen molar-refractivity contribution in [2.75, 3.05) is 40.3 Å². The van der Waals surface area contributed by atoms with Gasteiger partial charge in [0.1, 0.15) is 12.2 Å². The normalized spacial score (nSPS) is 27.8. The number of aromatic nitrogens is 3. The van der Waals surface area contributed by atoms with E-state index in [9.17, 15) is 9.59 Å². The zero-order valence-corrected chi connectivity index (χ0v) is 22.9. The van der Waals surface area contributed by atoms with Crippen LogP contribution in [0.2, 0.25) is 0 Å². The van der Waals surface area contributed by atoms with E-state index < -0.39 is 0 Å². The number of rotatable bonds is 7. The molecule has 9 nitrogen and oxygen atoms in total. The number of hydrogen-bond donors (Lipinski definition) is 0. The van der Waals surface area contributed by atoms with Gasteiger partial charge in [0, 0.05) is 38.1 Å². The fourth-order valence-corrected chi connectivity index (χ4v) is 7.23. The first-order chi connectivity index (χ1) is 18.4. The number of carbonyl (C=O) groups excluding carboxylic acids is 2. The molecule has 4 aliphatic rings. The van der Waals surface area contributed by atoms with Crippen LogP contribution in [0.1, 0.15) is 62.8 Å². The molecule has 2 aromatic rings. The molecule has 1 spiro atoms. The highest BCUT2D eigenvalue weighted by molar-refractivity contribution is 5.80. The second-order valence-corrected chi connectivity index (χ2v) is 12.1. The Labute approximate surface area is 225 Å². The average Bonchev–Trinajstić information content (AvgIpc) is 3.48. The first-order valence-electron chi connectivity index (χ1n) is 14.3. The van der Waals surface area contributed by atoms with E-state index in [-0.39, 0.29) is 23.0 Å². The van der Waals surface area contributed by atoms with Crippen molar-refractivity contribution in [3.8, 4) is 0 Å². The summed E-state index contributed by atoms with van der Waals surface area (Å²) in [5.41, 5.74) is 1.23. The van der Waals surface area contributed by atoms with Gasteiger partial charge in [0.25, 0.3) is 0 Å².